The number of ether oxygens (including phenoxy) is 1. The van der Waals surface area contributed by atoms with Gasteiger partial charge in [0.25, 0.3) is 0 Å². The predicted octanol–water partition coefficient (Wildman–Crippen LogP) is 1.44. The first kappa shape index (κ1) is 13.1. The van der Waals surface area contributed by atoms with E-state index in [0.29, 0.717) is 12.6 Å². The Morgan fingerprint density at radius 2 is 2.50 bits per heavy atom. The van der Waals surface area contributed by atoms with Crippen LogP contribution >= 0.6 is 0 Å². The molecule has 1 heterocycles. The fourth-order valence-electron chi connectivity index (χ4n) is 2.81. The van der Waals surface area contributed by atoms with Crippen LogP contribution < -0.4 is 5.32 Å². The van der Waals surface area contributed by atoms with Crippen LogP contribution in [0, 0.1) is 6.92 Å². The molecule has 1 saturated carbocycles. The molecule has 1 aliphatic rings. The van der Waals surface area contributed by atoms with Crippen molar-refractivity contribution in [2.45, 2.75) is 44.7 Å². The van der Waals surface area contributed by atoms with Gasteiger partial charge in [0, 0.05) is 18.4 Å². The zero-order valence-electron chi connectivity index (χ0n) is 11.3. The van der Waals surface area contributed by atoms with Gasteiger partial charge < -0.3 is 14.6 Å². The van der Waals surface area contributed by atoms with Crippen molar-refractivity contribution in [3.63, 3.8) is 0 Å². The molecule has 0 aromatic carbocycles. The number of hydrogen-bond acceptors (Lipinski definition) is 4. The third kappa shape index (κ3) is 2.14. The SMILES string of the molecule is CCOC(=O)C1(NC)CCC(n2ccnc2C)C1. The van der Waals surface area contributed by atoms with Crippen LogP contribution in [0.3, 0.4) is 0 Å². The maximum Gasteiger partial charge on any atom is 0.326 e. The smallest absolute Gasteiger partial charge is 0.326 e. The largest absolute Gasteiger partial charge is 0.465 e. The van der Waals surface area contributed by atoms with Crippen molar-refractivity contribution >= 4 is 5.97 Å². The van der Waals surface area contributed by atoms with Gasteiger partial charge in [0.05, 0.1) is 6.61 Å². The van der Waals surface area contributed by atoms with Crippen LogP contribution in [-0.2, 0) is 9.53 Å². The molecule has 5 heteroatoms. The molecule has 1 N–H and O–H groups in total. The number of rotatable bonds is 4. The van der Waals surface area contributed by atoms with Gasteiger partial charge in [0.1, 0.15) is 11.4 Å². The van der Waals surface area contributed by atoms with Crippen LogP contribution in [-0.4, -0.2) is 34.7 Å². The lowest BCUT2D eigenvalue weighted by Crippen LogP contribution is -2.49. The quantitative estimate of drug-likeness (QED) is 0.823. The number of hydrogen-bond donors (Lipinski definition) is 1. The molecule has 0 radical (unpaired) electrons. The van der Waals surface area contributed by atoms with Gasteiger partial charge in [-0.05, 0) is 40.2 Å². The molecule has 1 fully saturated rings. The fraction of sp³-hybridized carbons (Fsp3) is 0.692. The number of imidazole rings is 1. The summed E-state index contributed by atoms with van der Waals surface area (Å²) >= 11 is 0. The lowest BCUT2D eigenvalue weighted by molar-refractivity contribution is -0.150. The van der Waals surface area contributed by atoms with Crippen LogP contribution in [0.4, 0.5) is 0 Å². The third-order valence-electron chi connectivity index (χ3n) is 3.89. The summed E-state index contributed by atoms with van der Waals surface area (Å²) in [5.41, 5.74) is -0.530. The molecule has 0 bridgehead atoms. The van der Waals surface area contributed by atoms with E-state index >= 15 is 0 Å². The average Bonchev–Trinajstić information content (AvgIpc) is 2.96. The van der Waals surface area contributed by atoms with Gasteiger partial charge >= 0.3 is 5.97 Å². The Bertz CT molecular complexity index is 430. The summed E-state index contributed by atoms with van der Waals surface area (Å²) < 4.78 is 7.34. The number of aromatic nitrogens is 2. The molecule has 0 spiro atoms. The molecule has 2 rings (SSSR count). The van der Waals surface area contributed by atoms with Crippen molar-refractivity contribution in [3.05, 3.63) is 18.2 Å². The first-order valence-electron chi connectivity index (χ1n) is 6.48. The summed E-state index contributed by atoms with van der Waals surface area (Å²) in [6, 6.07) is 0.323. The summed E-state index contributed by atoms with van der Waals surface area (Å²) in [4.78, 5) is 16.3. The van der Waals surface area contributed by atoms with Gasteiger partial charge in [-0.3, -0.25) is 4.79 Å². The van der Waals surface area contributed by atoms with Gasteiger partial charge in [0.15, 0.2) is 0 Å². The maximum atomic E-state index is 12.1. The van der Waals surface area contributed by atoms with E-state index < -0.39 is 5.54 Å². The minimum Gasteiger partial charge on any atom is -0.465 e. The Labute approximate surface area is 108 Å². The van der Waals surface area contributed by atoms with E-state index in [1.807, 2.05) is 27.1 Å². The summed E-state index contributed by atoms with van der Waals surface area (Å²) in [5.74, 6) is 0.864. The molecule has 18 heavy (non-hydrogen) atoms. The zero-order valence-corrected chi connectivity index (χ0v) is 11.3. The highest BCUT2D eigenvalue weighted by Gasteiger charge is 2.46. The Morgan fingerprint density at radius 3 is 3.06 bits per heavy atom. The number of likely N-dealkylation sites (N-methyl/N-ethyl adjacent to an activating group) is 1. The number of aryl methyl sites for hydroxylation is 1. The summed E-state index contributed by atoms with van der Waals surface area (Å²) in [5, 5.41) is 3.17. The molecule has 1 aromatic heterocycles. The van der Waals surface area contributed by atoms with Crippen molar-refractivity contribution in [2.24, 2.45) is 0 Å². The monoisotopic (exact) mass is 251 g/mol. The van der Waals surface area contributed by atoms with Crippen molar-refractivity contribution < 1.29 is 9.53 Å². The standard InChI is InChI=1S/C13H21N3O2/c1-4-18-12(17)13(14-3)6-5-11(9-13)16-8-7-15-10(16)2/h7-8,11,14H,4-6,9H2,1-3H3. The van der Waals surface area contributed by atoms with Crippen molar-refractivity contribution in [1.29, 1.82) is 0 Å². The highest BCUT2D eigenvalue weighted by atomic mass is 16.5. The molecule has 2 unspecified atom stereocenters. The van der Waals surface area contributed by atoms with Crippen molar-refractivity contribution in [2.75, 3.05) is 13.7 Å². The zero-order chi connectivity index (χ0) is 13.2. The molecule has 0 amide bonds. The van der Waals surface area contributed by atoms with E-state index in [1.165, 1.54) is 0 Å². The molecule has 1 aliphatic carbocycles. The first-order valence-corrected chi connectivity index (χ1v) is 6.48. The molecular weight excluding hydrogens is 230 g/mol. The van der Waals surface area contributed by atoms with E-state index in [4.69, 9.17) is 4.74 Å². The Balaban J connectivity index is 2.14. The molecular formula is C13H21N3O2. The highest BCUT2D eigenvalue weighted by Crippen LogP contribution is 2.38. The second-order valence-electron chi connectivity index (χ2n) is 4.83. The molecule has 100 valence electrons. The highest BCUT2D eigenvalue weighted by molar-refractivity contribution is 5.81. The van der Waals surface area contributed by atoms with Gasteiger partial charge in [-0.25, -0.2) is 4.98 Å². The van der Waals surface area contributed by atoms with E-state index in [-0.39, 0.29) is 5.97 Å². The number of carbonyl (C=O) groups is 1. The van der Waals surface area contributed by atoms with E-state index in [1.54, 1.807) is 6.20 Å². The predicted molar refractivity (Wildman–Crippen MR) is 68.3 cm³/mol. The fourth-order valence-corrected chi connectivity index (χ4v) is 2.81. The van der Waals surface area contributed by atoms with Crippen LogP contribution in [0.1, 0.15) is 38.1 Å². The van der Waals surface area contributed by atoms with Gasteiger partial charge in [-0.1, -0.05) is 0 Å². The average molecular weight is 251 g/mol. The van der Waals surface area contributed by atoms with Crippen LogP contribution in [0.25, 0.3) is 0 Å². The molecule has 5 nitrogen and oxygen atoms in total. The Kier molecular flexibility index (Phi) is 3.71. The molecule has 1 aromatic rings. The van der Waals surface area contributed by atoms with E-state index in [2.05, 4.69) is 14.9 Å². The van der Waals surface area contributed by atoms with Crippen LogP contribution in [0.15, 0.2) is 12.4 Å². The minimum absolute atomic E-state index is 0.132. The minimum atomic E-state index is -0.530. The van der Waals surface area contributed by atoms with E-state index in [9.17, 15) is 4.79 Å². The summed E-state index contributed by atoms with van der Waals surface area (Å²) in [6.07, 6.45) is 6.33. The van der Waals surface area contributed by atoms with Gasteiger partial charge in [-0.15, -0.1) is 0 Å². The lowest BCUT2D eigenvalue weighted by Gasteiger charge is -2.26. The lowest BCUT2D eigenvalue weighted by atomic mass is 9.98. The molecule has 2 atom stereocenters. The Morgan fingerprint density at radius 1 is 1.72 bits per heavy atom. The van der Waals surface area contributed by atoms with E-state index in [0.717, 1.165) is 25.1 Å². The second kappa shape index (κ2) is 5.10. The molecule has 0 aliphatic heterocycles. The van der Waals surface area contributed by atoms with Crippen LogP contribution in [0.5, 0.6) is 0 Å². The van der Waals surface area contributed by atoms with Crippen molar-refractivity contribution in [3.8, 4) is 0 Å². The number of carbonyl (C=O) groups excluding carboxylic acids is 1. The van der Waals surface area contributed by atoms with Gasteiger partial charge in [0.2, 0.25) is 0 Å². The number of esters is 1. The van der Waals surface area contributed by atoms with Crippen molar-refractivity contribution in [1.82, 2.24) is 14.9 Å². The number of nitrogens with one attached hydrogen (secondary N) is 1. The maximum absolute atomic E-state index is 12.1. The normalized spacial score (nSPS) is 27.4. The third-order valence-corrected chi connectivity index (χ3v) is 3.89. The summed E-state index contributed by atoms with van der Waals surface area (Å²) in [7, 11) is 1.83. The second-order valence-corrected chi connectivity index (χ2v) is 4.83. The van der Waals surface area contributed by atoms with Crippen LogP contribution in [0.2, 0.25) is 0 Å². The summed E-state index contributed by atoms with van der Waals surface area (Å²) in [6.45, 7) is 4.26. The van der Waals surface area contributed by atoms with Gasteiger partial charge in [-0.2, -0.15) is 0 Å². The molecule has 0 saturated heterocycles. The number of nitrogens with zero attached hydrogens (tertiary/aromatic N) is 2. The first-order chi connectivity index (χ1) is 8.63. The topological polar surface area (TPSA) is 56.1 Å². The Hall–Kier alpha value is -1.36.